The van der Waals surface area contributed by atoms with E-state index < -0.39 is 0 Å². The second kappa shape index (κ2) is 9.43. The number of imidazole rings is 1. The van der Waals surface area contributed by atoms with Crippen LogP contribution < -0.4 is 0 Å². The molecule has 1 N–H and O–H groups in total. The van der Waals surface area contributed by atoms with E-state index in [-0.39, 0.29) is 5.82 Å². The molecule has 0 spiro atoms. The number of aryl methyl sites for hydroxylation is 1. The molecule has 184 valence electrons. The van der Waals surface area contributed by atoms with E-state index in [2.05, 4.69) is 32.0 Å². The van der Waals surface area contributed by atoms with Gasteiger partial charge in [-0.25, -0.2) is 9.37 Å². The molecular formula is C28H29FN6O. The quantitative estimate of drug-likeness (QED) is 0.446. The molecule has 6 rings (SSSR count). The van der Waals surface area contributed by atoms with Gasteiger partial charge in [0.2, 0.25) is 5.91 Å². The highest BCUT2D eigenvalue weighted by Gasteiger charge is 2.34. The third kappa shape index (κ3) is 4.86. The van der Waals surface area contributed by atoms with E-state index in [0.717, 1.165) is 79.4 Å². The molecule has 1 saturated heterocycles. The van der Waals surface area contributed by atoms with Gasteiger partial charge in [0, 0.05) is 68.2 Å². The lowest BCUT2D eigenvalue weighted by atomic mass is 10.1. The molecule has 4 aromatic rings. The van der Waals surface area contributed by atoms with E-state index in [1.165, 1.54) is 11.8 Å². The average Bonchev–Trinajstić information content (AvgIpc) is 3.65. The van der Waals surface area contributed by atoms with Crippen molar-refractivity contribution in [3.05, 3.63) is 77.4 Å². The Bertz CT molecular complexity index is 1420. The summed E-state index contributed by atoms with van der Waals surface area (Å²) in [7, 11) is 0. The van der Waals surface area contributed by atoms with Crippen molar-refractivity contribution in [2.45, 2.75) is 32.7 Å². The Balaban J connectivity index is 1.12. The maximum absolute atomic E-state index is 14.3. The smallest absolute Gasteiger partial charge is 0.225 e. The monoisotopic (exact) mass is 484 g/mol. The minimum atomic E-state index is -0.336. The summed E-state index contributed by atoms with van der Waals surface area (Å²) < 4.78 is 14.3. The second-order valence-electron chi connectivity index (χ2n) is 9.93. The van der Waals surface area contributed by atoms with Crippen molar-refractivity contribution in [1.29, 1.82) is 0 Å². The van der Waals surface area contributed by atoms with Crippen LogP contribution in [0.15, 0.2) is 48.8 Å². The van der Waals surface area contributed by atoms with Crippen LogP contribution in [0.3, 0.4) is 0 Å². The summed E-state index contributed by atoms with van der Waals surface area (Å²) in [4.78, 5) is 33.4. The van der Waals surface area contributed by atoms with Crippen LogP contribution in [-0.4, -0.2) is 61.8 Å². The predicted molar refractivity (Wildman–Crippen MR) is 136 cm³/mol. The predicted octanol–water partition coefficient (Wildman–Crippen LogP) is 4.11. The van der Waals surface area contributed by atoms with Crippen molar-refractivity contribution in [3.8, 4) is 11.1 Å². The molecule has 7 nitrogen and oxygen atoms in total. The normalized spacial score (nSPS) is 16.6. The van der Waals surface area contributed by atoms with Crippen LogP contribution in [-0.2, 0) is 17.8 Å². The van der Waals surface area contributed by atoms with Gasteiger partial charge in [-0.1, -0.05) is 6.07 Å². The number of carbonyl (C=O) groups is 1. The van der Waals surface area contributed by atoms with Crippen molar-refractivity contribution >= 4 is 16.9 Å². The minimum absolute atomic E-state index is 0.296. The van der Waals surface area contributed by atoms with Gasteiger partial charge in [0.05, 0.1) is 17.2 Å². The molecule has 1 saturated carbocycles. The Morgan fingerprint density at radius 1 is 1.08 bits per heavy atom. The van der Waals surface area contributed by atoms with Gasteiger partial charge in [-0.2, -0.15) is 0 Å². The number of rotatable bonds is 6. The zero-order valence-corrected chi connectivity index (χ0v) is 20.4. The number of fused-ring (bicyclic) bond motifs is 1. The number of pyridine rings is 2. The molecule has 8 heteroatoms. The number of hydrogen-bond donors (Lipinski definition) is 1. The summed E-state index contributed by atoms with van der Waals surface area (Å²) >= 11 is 0. The van der Waals surface area contributed by atoms with Gasteiger partial charge >= 0.3 is 0 Å². The first-order valence-corrected chi connectivity index (χ1v) is 12.6. The SMILES string of the molecule is Cc1cc(-c2ccc3nc(Cc4cc(CN5CCN(C(=O)C6CC6)CC5)ccn4)[nH]c3c2)c(F)cn1. The minimum Gasteiger partial charge on any atom is -0.342 e. The summed E-state index contributed by atoms with van der Waals surface area (Å²) in [5, 5.41) is 0. The van der Waals surface area contributed by atoms with E-state index in [1.54, 1.807) is 6.07 Å². The third-order valence-electron chi connectivity index (χ3n) is 7.08. The summed E-state index contributed by atoms with van der Waals surface area (Å²) in [6.45, 7) is 6.14. The van der Waals surface area contributed by atoms with Crippen molar-refractivity contribution in [2.75, 3.05) is 26.2 Å². The molecule has 3 aromatic heterocycles. The van der Waals surface area contributed by atoms with Gasteiger partial charge in [0.25, 0.3) is 0 Å². The number of aromatic nitrogens is 4. The number of piperazine rings is 1. The maximum Gasteiger partial charge on any atom is 0.225 e. The van der Waals surface area contributed by atoms with Crippen LogP contribution in [0.2, 0.25) is 0 Å². The van der Waals surface area contributed by atoms with Crippen LogP contribution in [0.25, 0.3) is 22.2 Å². The molecule has 4 heterocycles. The average molecular weight is 485 g/mol. The Hall–Kier alpha value is -3.65. The molecular weight excluding hydrogens is 455 g/mol. The van der Waals surface area contributed by atoms with Gasteiger partial charge in [0.1, 0.15) is 11.6 Å². The van der Waals surface area contributed by atoms with Crippen LogP contribution >= 0.6 is 0 Å². The summed E-state index contributed by atoms with van der Waals surface area (Å²) in [6.07, 6.45) is 5.83. The number of hydrogen-bond acceptors (Lipinski definition) is 5. The Morgan fingerprint density at radius 2 is 1.92 bits per heavy atom. The largest absolute Gasteiger partial charge is 0.342 e. The number of aromatic amines is 1. The van der Waals surface area contributed by atoms with Crippen LogP contribution in [0, 0.1) is 18.7 Å². The van der Waals surface area contributed by atoms with Crippen molar-refractivity contribution < 1.29 is 9.18 Å². The zero-order valence-electron chi connectivity index (χ0n) is 20.4. The molecule has 0 bridgehead atoms. The first-order chi connectivity index (χ1) is 17.5. The van der Waals surface area contributed by atoms with Crippen LogP contribution in [0.1, 0.15) is 35.6 Å². The lowest BCUT2D eigenvalue weighted by Gasteiger charge is -2.35. The summed E-state index contributed by atoms with van der Waals surface area (Å²) in [5.41, 5.74) is 5.97. The highest BCUT2D eigenvalue weighted by Crippen LogP contribution is 2.31. The summed E-state index contributed by atoms with van der Waals surface area (Å²) in [6, 6.07) is 11.7. The fourth-order valence-corrected chi connectivity index (χ4v) is 4.95. The Morgan fingerprint density at radius 3 is 2.72 bits per heavy atom. The molecule has 36 heavy (non-hydrogen) atoms. The number of amides is 1. The van der Waals surface area contributed by atoms with Crippen molar-refractivity contribution in [1.82, 2.24) is 29.7 Å². The van der Waals surface area contributed by atoms with Gasteiger partial charge < -0.3 is 9.88 Å². The van der Waals surface area contributed by atoms with Gasteiger partial charge in [-0.05, 0) is 61.2 Å². The molecule has 2 fully saturated rings. The van der Waals surface area contributed by atoms with E-state index in [0.29, 0.717) is 23.8 Å². The molecule has 1 aromatic carbocycles. The first-order valence-electron chi connectivity index (χ1n) is 12.6. The highest BCUT2D eigenvalue weighted by molar-refractivity contribution is 5.82. The Kier molecular flexibility index (Phi) is 5.97. The van der Waals surface area contributed by atoms with Gasteiger partial charge in [-0.15, -0.1) is 0 Å². The van der Waals surface area contributed by atoms with Crippen molar-refractivity contribution in [2.24, 2.45) is 5.92 Å². The number of nitrogens with one attached hydrogen (secondary N) is 1. The molecule has 0 atom stereocenters. The second-order valence-corrected chi connectivity index (χ2v) is 9.93. The number of carbonyl (C=O) groups excluding carboxylic acids is 1. The number of halogens is 1. The van der Waals surface area contributed by atoms with Gasteiger partial charge in [0.15, 0.2) is 0 Å². The lowest BCUT2D eigenvalue weighted by molar-refractivity contribution is -0.134. The van der Waals surface area contributed by atoms with Gasteiger partial charge in [-0.3, -0.25) is 19.7 Å². The third-order valence-corrected chi connectivity index (χ3v) is 7.08. The topological polar surface area (TPSA) is 78.0 Å². The lowest BCUT2D eigenvalue weighted by Crippen LogP contribution is -2.48. The first kappa shape index (κ1) is 22.8. The maximum atomic E-state index is 14.3. The fourth-order valence-electron chi connectivity index (χ4n) is 4.95. The molecule has 2 aliphatic rings. The molecule has 0 radical (unpaired) electrons. The number of nitrogens with zero attached hydrogens (tertiary/aromatic N) is 5. The van der Waals surface area contributed by atoms with E-state index in [9.17, 15) is 9.18 Å². The zero-order chi connectivity index (χ0) is 24.6. The van der Waals surface area contributed by atoms with Crippen molar-refractivity contribution in [3.63, 3.8) is 0 Å². The molecule has 1 amide bonds. The molecule has 1 aliphatic heterocycles. The van der Waals surface area contributed by atoms with E-state index in [4.69, 9.17) is 4.98 Å². The van der Waals surface area contributed by atoms with Crippen LogP contribution in [0.5, 0.6) is 0 Å². The van der Waals surface area contributed by atoms with E-state index >= 15 is 0 Å². The highest BCUT2D eigenvalue weighted by atomic mass is 19.1. The summed E-state index contributed by atoms with van der Waals surface area (Å²) in [5.74, 6) is 1.13. The van der Waals surface area contributed by atoms with Crippen LogP contribution in [0.4, 0.5) is 4.39 Å². The fraction of sp³-hybridized carbons (Fsp3) is 0.357. The number of benzene rings is 1. The van der Waals surface area contributed by atoms with E-state index in [1.807, 2.05) is 36.2 Å². The number of H-pyrrole nitrogens is 1. The standard InChI is InChI=1S/C28H29FN6O/c1-18-12-23(24(29)16-31-18)21-4-5-25-26(14-21)33-27(32-25)15-22-13-19(6-7-30-22)17-34-8-10-35(11-9-34)28(36)20-2-3-20/h4-7,12-14,16,20H,2-3,8-11,15,17H2,1H3,(H,32,33). The molecule has 1 aliphatic carbocycles. The molecule has 0 unspecified atom stereocenters. The Labute approximate surface area is 209 Å².